The van der Waals surface area contributed by atoms with E-state index in [9.17, 15) is 42.3 Å². The van der Waals surface area contributed by atoms with E-state index in [1.54, 1.807) is 26.0 Å². The van der Waals surface area contributed by atoms with Crippen molar-refractivity contribution in [2.45, 2.75) is 77.7 Å². The van der Waals surface area contributed by atoms with E-state index in [0.717, 1.165) is 18.2 Å². The van der Waals surface area contributed by atoms with Gasteiger partial charge in [-0.15, -0.1) is 13.2 Å². The molecule has 57 heavy (non-hydrogen) atoms. The van der Waals surface area contributed by atoms with E-state index < -0.39 is 72.0 Å². The summed E-state index contributed by atoms with van der Waals surface area (Å²) in [6.45, 7) is 7.04. The molecule has 312 valence electrons. The van der Waals surface area contributed by atoms with Crippen molar-refractivity contribution in [1.82, 2.24) is 16.0 Å². The Morgan fingerprint density at radius 1 is 1.04 bits per heavy atom. The maximum absolute atomic E-state index is 13.9. The van der Waals surface area contributed by atoms with Gasteiger partial charge >= 0.3 is 18.5 Å². The lowest BCUT2D eigenvalue weighted by molar-refractivity contribution is -0.274. The summed E-state index contributed by atoms with van der Waals surface area (Å²) >= 11 is 0. The fourth-order valence-electron chi connectivity index (χ4n) is 6.20. The third-order valence-corrected chi connectivity index (χ3v) is 9.08. The number of allylic oxidation sites excluding steroid dienone is 4. The van der Waals surface area contributed by atoms with Gasteiger partial charge < -0.3 is 51.1 Å². The number of carbonyl (C=O) groups is 5. The summed E-state index contributed by atoms with van der Waals surface area (Å²) in [6, 6.07) is 3.95. The number of aliphatic hydroxyl groups excluding tert-OH is 1. The third kappa shape index (κ3) is 14.2. The molecule has 2 aliphatic rings. The van der Waals surface area contributed by atoms with Crippen LogP contribution in [0.25, 0.3) is 0 Å². The monoisotopic (exact) mass is 805 g/mol. The Hall–Kier alpha value is -5.46. The van der Waals surface area contributed by atoms with E-state index in [1.807, 2.05) is 6.92 Å². The van der Waals surface area contributed by atoms with E-state index in [4.69, 9.17) is 19.9 Å². The van der Waals surface area contributed by atoms with E-state index in [0.29, 0.717) is 12.0 Å². The molecule has 15 nitrogen and oxygen atoms in total. The van der Waals surface area contributed by atoms with Gasteiger partial charge in [0.25, 0.3) is 5.91 Å². The molecular formula is C39H50F3N5O10. The number of halogens is 3. The molecule has 18 heteroatoms. The van der Waals surface area contributed by atoms with Crippen LogP contribution < -0.4 is 31.7 Å². The van der Waals surface area contributed by atoms with Crippen LogP contribution in [0, 0.1) is 11.8 Å². The summed E-state index contributed by atoms with van der Waals surface area (Å²) in [5.41, 5.74) is 6.18. The highest BCUT2D eigenvalue weighted by atomic mass is 19.4. The second-order valence-electron chi connectivity index (χ2n) is 13.7. The molecule has 3 rings (SSSR count). The van der Waals surface area contributed by atoms with E-state index in [2.05, 4.69) is 26.0 Å². The molecule has 0 spiro atoms. The molecule has 7 N–H and O–H groups in total. The molecule has 4 amide bonds. The van der Waals surface area contributed by atoms with Crippen molar-refractivity contribution in [2.24, 2.45) is 17.6 Å². The number of methoxy groups -OCH3 is 2. The number of alkyl halides is 3. The normalized spacial score (nSPS) is 26.5. The highest BCUT2D eigenvalue weighted by Crippen LogP contribution is 2.29. The number of Topliss-reactive ketones (excluding diaryl/α,β-unsaturated/α-hetero) is 1. The number of ketones is 2. The first-order valence-corrected chi connectivity index (χ1v) is 18.1. The van der Waals surface area contributed by atoms with Gasteiger partial charge in [-0.25, -0.2) is 9.59 Å². The zero-order chi connectivity index (χ0) is 42.4. The van der Waals surface area contributed by atoms with Crippen LogP contribution in [0.15, 0.2) is 82.8 Å². The van der Waals surface area contributed by atoms with Crippen molar-refractivity contribution in [3.05, 3.63) is 82.8 Å². The minimum Gasteiger partial charge on any atom is -0.439 e. The summed E-state index contributed by atoms with van der Waals surface area (Å²) in [4.78, 5) is 64.8. The molecule has 1 aromatic carbocycles. The van der Waals surface area contributed by atoms with Gasteiger partial charge in [-0.2, -0.15) is 0 Å². The lowest BCUT2D eigenvalue weighted by atomic mass is 9.85. The van der Waals surface area contributed by atoms with Crippen molar-refractivity contribution < 1.29 is 61.2 Å². The topological polar surface area (TPSA) is 217 Å². The Bertz CT molecular complexity index is 1790. The zero-order valence-electron chi connectivity index (χ0n) is 32.5. The predicted molar refractivity (Wildman–Crippen MR) is 202 cm³/mol. The largest absolute Gasteiger partial charge is 0.573 e. The molecule has 0 saturated heterocycles. The molecule has 1 aliphatic heterocycles. The SMILES string of the molecule is CO[C@H]1/C=C\C=C(/C)C(=O)NC2=CC(=O)C(NCCCNC(=O)Nc3ccc(OC(F)(F)F)cc3)=C(C[C@@H](C)C[C@H](OC)[C@H](O)[C@@H](C)/C=C(\C)[C@@H]1OC(N)=O)C2=O. The minimum absolute atomic E-state index is 0.0177. The van der Waals surface area contributed by atoms with Gasteiger partial charge in [0.05, 0.1) is 23.6 Å². The van der Waals surface area contributed by atoms with Gasteiger partial charge in [-0.05, 0) is 68.9 Å². The van der Waals surface area contributed by atoms with Gasteiger partial charge in [0.15, 0.2) is 6.10 Å². The summed E-state index contributed by atoms with van der Waals surface area (Å²) in [5, 5.41) is 22.0. The Morgan fingerprint density at radius 2 is 1.72 bits per heavy atom. The number of hydrogen-bond acceptors (Lipinski definition) is 11. The van der Waals surface area contributed by atoms with Crippen molar-refractivity contribution in [3.8, 4) is 5.75 Å². The molecular weight excluding hydrogens is 755 g/mol. The van der Waals surface area contributed by atoms with E-state index in [-0.39, 0.29) is 60.1 Å². The van der Waals surface area contributed by atoms with Crippen LogP contribution in [0.4, 0.5) is 28.4 Å². The Morgan fingerprint density at radius 3 is 2.33 bits per heavy atom. The smallest absolute Gasteiger partial charge is 0.439 e. The van der Waals surface area contributed by atoms with Crippen LogP contribution in [0.3, 0.4) is 0 Å². The molecule has 0 radical (unpaired) electrons. The Balaban J connectivity index is 1.82. The quantitative estimate of drug-likeness (QED) is 0.110. The van der Waals surface area contributed by atoms with Crippen LogP contribution in [-0.4, -0.2) is 92.8 Å². The average molecular weight is 806 g/mol. The van der Waals surface area contributed by atoms with Gasteiger partial charge in [0, 0.05) is 56.1 Å². The number of amides is 4. The molecule has 2 bridgehead atoms. The second kappa shape index (κ2) is 21.2. The number of benzene rings is 1. The molecule has 0 fully saturated rings. The maximum Gasteiger partial charge on any atom is 0.573 e. The van der Waals surface area contributed by atoms with Crippen LogP contribution in [0.2, 0.25) is 0 Å². The number of anilines is 1. The fraction of sp³-hybridized carbons (Fsp3) is 0.462. The van der Waals surface area contributed by atoms with Crippen LogP contribution in [0.5, 0.6) is 5.75 Å². The minimum atomic E-state index is -4.85. The second-order valence-corrected chi connectivity index (χ2v) is 13.7. The van der Waals surface area contributed by atoms with Gasteiger partial charge in [-0.3, -0.25) is 14.4 Å². The number of nitrogens with two attached hydrogens (primary N) is 1. The molecule has 1 aliphatic carbocycles. The van der Waals surface area contributed by atoms with Crippen LogP contribution >= 0.6 is 0 Å². The number of ether oxygens (including phenoxy) is 4. The molecule has 1 aromatic rings. The Labute approximate surface area is 328 Å². The summed E-state index contributed by atoms with van der Waals surface area (Å²) in [5.74, 6) is -3.11. The highest BCUT2D eigenvalue weighted by Gasteiger charge is 2.34. The Kier molecular flexibility index (Phi) is 17.1. The summed E-state index contributed by atoms with van der Waals surface area (Å²) in [7, 11) is 2.84. The van der Waals surface area contributed by atoms with Crippen molar-refractivity contribution >= 4 is 35.3 Å². The van der Waals surface area contributed by atoms with Gasteiger partial charge in [0.1, 0.15) is 11.9 Å². The number of urea groups is 1. The van der Waals surface area contributed by atoms with Gasteiger partial charge in [0.2, 0.25) is 11.6 Å². The highest BCUT2D eigenvalue weighted by molar-refractivity contribution is 6.23. The van der Waals surface area contributed by atoms with E-state index in [1.165, 1.54) is 45.4 Å². The van der Waals surface area contributed by atoms with Crippen LogP contribution in [-0.2, 0) is 28.6 Å². The first-order chi connectivity index (χ1) is 26.8. The van der Waals surface area contributed by atoms with Crippen molar-refractivity contribution in [1.29, 1.82) is 0 Å². The van der Waals surface area contributed by atoms with Crippen molar-refractivity contribution in [2.75, 3.05) is 32.6 Å². The zero-order valence-corrected chi connectivity index (χ0v) is 32.5. The number of rotatable bonds is 10. The standard InChI is InChI=1S/C39H50F3N5O10/c1-21-17-27-32(44-15-8-16-45-38(53)46-25-11-13-26(14-12-25)57-39(40,41)42)29(48)20-28(34(27)50)47-36(51)22(2)9-7-10-30(54-5)35(56-37(43)52)24(4)19-23(3)33(49)31(18-21)55-6/h7,9-14,19-21,23,30-31,33,35,44,49H,8,15-18H2,1-6H3,(H2,43,52)(H,47,51)(H2,45,46,53)/b10-7-,22-9+,24-19+/t21-,23+,30+,31+,33-,35+/m1/s1. The average Bonchev–Trinajstić information content (AvgIpc) is 3.13. The first-order valence-electron chi connectivity index (χ1n) is 18.1. The lowest BCUT2D eigenvalue weighted by Gasteiger charge is -2.30. The lowest BCUT2D eigenvalue weighted by Crippen LogP contribution is -2.38. The maximum atomic E-state index is 13.9. The molecule has 0 aromatic heterocycles. The third-order valence-electron chi connectivity index (χ3n) is 9.08. The number of nitrogens with one attached hydrogen (secondary N) is 4. The number of carbonyl (C=O) groups excluding carboxylic acids is 5. The summed E-state index contributed by atoms with van der Waals surface area (Å²) < 4.78 is 57.7. The number of fused-ring (bicyclic) bond motifs is 2. The van der Waals surface area contributed by atoms with E-state index >= 15 is 0 Å². The number of hydrogen-bond donors (Lipinski definition) is 6. The number of primary amides is 1. The molecule has 0 unspecified atom stereocenters. The summed E-state index contributed by atoms with van der Waals surface area (Å²) in [6.07, 6.45) is -1.63. The fourth-order valence-corrected chi connectivity index (χ4v) is 6.20. The molecule has 0 saturated carbocycles. The predicted octanol–water partition coefficient (Wildman–Crippen LogP) is 4.46. The van der Waals surface area contributed by atoms with Crippen LogP contribution in [0.1, 0.15) is 47.0 Å². The number of aliphatic hydroxyl groups is 1. The molecule has 1 heterocycles. The van der Waals surface area contributed by atoms with Crippen molar-refractivity contribution in [3.63, 3.8) is 0 Å². The molecule has 6 atom stereocenters. The van der Waals surface area contributed by atoms with Gasteiger partial charge in [-0.1, -0.05) is 38.2 Å². The first kappa shape index (κ1) is 45.9.